The largest absolute Gasteiger partial charge is 0.312 e. The van der Waals surface area contributed by atoms with Crippen molar-refractivity contribution < 1.29 is 0 Å². The predicted molar refractivity (Wildman–Crippen MR) is 77.4 cm³/mol. The molecule has 92 valence electrons. The second kappa shape index (κ2) is 7.08. The van der Waals surface area contributed by atoms with Crippen LogP contribution in [0.4, 0.5) is 0 Å². The van der Waals surface area contributed by atoms with Gasteiger partial charge in [-0.3, -0.25) is 0 Å². The minimum Gasteiger partial charge on any atom is -0.312 e. The molecule has 0 aromatic heterocycles. The van der Waals surface area contributed by atoms with E-state index in [-0.39, 0.29) is 0 Å². The smallest absolute Gasteiger partial charge is 0.00127 e. The van der Waals surface area contributed by atoms with E-state index >= 15 is 0 Å². The van der Waals surface area contributed by atoms with Crippen LogP contribution in [0.15, 0.2) is 48.5 Å². The lowest BCUT2D eigenvalue weighted by Gasteiger charge is -2.10. The molecule has 0 atom stereocenters. The predicted octanol–water partition coefficient (Wildman–Crippen LogP) is 4.23. The van der Waals surface area contributed by atoms with E-state index in [0.29, 0.717) is 12.1 Å². The Labute approximate surface area is 105 Å². The van der Waals surface area contributed by atoms with Crippen molar-refractivity contribution in [3.8, 4) is 0 Å². The van der Waals surface area contributed by atoms with Gasteiger partial charge in [0.05, 0.1) is 0 Å². The van der Waals surface area contributed by atoms with Crippen molar-refractivity contribution in [2.24, 2.45) is 0 Å². The Morgan fingerprint density at radius 3 is 1.12 bits per heavy atom. The van der Waals surface area contributed by atoms with E-state index in [1.54, 1.807) is 0 Å². The maximum atomic E-state index is 3.31. The van der Waals surface area contributed by atoms with Crippen LogP contribution in [0.1, 0.15) is 27.7 Å². The Bertz CT molecular complexity index is 361. The van der Waals surface area contributed by atoms with Crippen LogP contribution in [-0.2, 0) is 0 Å². The zero-order valence-electron chi connectivity index (χ0n) is 11.3. The van der Waals surface area contributed by atoms with Gasteiger partial charge in [0, 0.05) is 12.1 Å². The summed E-state index contributed by atoms with van der Waals surface area (Å²) in [6.07, 6.45) is 0. The standard InChI is InChI=1S/C10H8.C6H15N/c1-2-6-10-8-4-3-7-9(10)5-1;1-5(2)7-6(3)4/h1-8H;5-7H,1-4H3. The van der Waals surface area contributed by atoms with Gasteiger partial charge in [0.15, 0.2) is 0 Å². The van der Waals surface area contributed by atoms with Gasteiger partial charge in [-0.2, -0.15) is 0 Å². The molecule has 0 saturated carbocycles. The van der Waals surface area contributed by atoms with Crippen LogP contribution in [-0.4, -0.2) is 12.1 Å². The van der Waals surface area contributed by atoms with Gasteiger partial charge in [-0.05, 0) is 10.8 Å². The maximum Gasteiger partial charge on any atom is 0.00127 e. The highest BCUT2D eigenvalue weighted by molar-refractivity contribution is 5.81. The first kappa shape index (κ1) is 13.7. The first-order valence-corrected chi connectivity index (χ1v) is 6.29. The highest BCUT2D eigenvalue weighted by atomic mass is 14.9. The molecular weight excluding hydrogens is 206 g/mol. The molecule has 0 radical (unpaired) electrons. The molecule has 17 heavy (non-hydrogen) atoms. The average molecular weight is 229 g/mol. The molecule has 0 saturated heterocycles. The van der Waals surface area contributed by atoms with Crippen LogP contribution < -0.4 is 5.32 Å². The molecule has 2 rings (SSSR count). The molecule has 2 aromatic rings. The van der Waals surface area contributed by atoms with Gasteiger partial charge in [-0.25, -0.2) is 0 Å². The monoisotopic (exact) mass is 229 g/mol. The van der Waals surface area contributed by atoms with E-state index in [2.05, 4.69) is 81.5 Å². The van der Waals surface area contributed by atoms with Crippen molar-refractivity contribution in [1.29, 1.82) is 0 Å². The van der Waals surface area contributed by atoms with Gasteiger partial charge < -0.3 is 5.32 Å². The molecule has 1 N–H and O–H groups in total. The van der Waals surface area contributed by atoms with Crippen LogP contribution in [0.25, 0.3) is 10.8 Å². The maximum absolute atomic E-state index is 3.31. The molecule has 0 unspecified atom stereocenters. The summed E-state index contributed by atoms with van der Waals surface area (Å²) in [5.74, 6) is 0. The molecule has 0 aliphatic heterocycles. The topological polar surface area (TPSA) is 12.0 Å². The van der Waals surface area contributed by atoms with E-state index in [1.807, 2.05) is 0 Å². The zero-order chi connectivity index (χ0) is 12.7. The van der Waals surface area contributed by atoms with Gasteiger partial charge in [-0.15, -0.1) is 0 Å². The second-order valence-corrected chi connectivity index (χ2v) is 4.82. The Morgan fingerprint density at radius 2 is 0.941 bits per heavy atom. The molecule has 1 heteroatoms. The van der Waals surface area contributed by atoms with Crippen molar-refractivity contribution in [3.63, 3.8) is 0 Å². The summed E-state index contributed by atoms with van der Waals surface area (Å²) in [7, 11) is 0. The quantitative estimate of drug-likeness (QED) is 0.812. The molecule has 0 aliphatic carbocycles. The molecule has 0 spiro atoms. The van der Waals surface area contributed by atoms with Crippen LogP contribution in [0.5, 0.6) is 0 Å². The number of hydrogen-bond acceptors (Lipinski definition) is 1. The van der Waals surface area contributed by atoms with Crippen LogP contribution in [0.2, 0.25) is 0 Å². The SMILES string of the molecule is CC(C)NC(C)C.c1ccc2ccccc2c1. The molecule has 0 bridgehead atoms. The normalized spacial score (nSPS) is 10.5. The molecule has 0 aliphatic rings. The number of nitrogens with one attached hydrogen (secondary N) is 1. The first-order valence-electron chi connectivity index (χ1n) is 6.29. The van der Waals surface area contributed by atoms with Crippen LogP contribution in [0, 0.1) is 0 Å². The van der Waals surface area contributed by atoms with E-state index in [1.165, 1.54) is 10.8 Å². The van der Waals surface area contributed by atoms with Crippen molar-refractivity contribution in [2.45, 2.75) is 39.8 Å². The van der Waals surface area contributed by atoms with Gasteiger partial charge in [0.25, 0.3) is 0 Å². The summed E-state index contributed by atoms with van der Waals surface area (Å²) in [6.45, 7) is 8.61. The van der Waals surface area contributed by atoms with Crippen LogP contribution in [0.3, 0.4) is 0 Å². The molecule has 0 heterocycles. The van der Waals surface area contributed by atoms with Gasteiger partial charge in [0.1, 0.15) is 0 Å². The van der Waals surface area contributed by atoms with Gasteiger partial charge in [0.2, 0.25) is 0 Å². The van der Waals surface area contributed by atoms with E-state index in [9.17, 15) is 0 Å². The van der Waals surface area contributed by atoms with Crippen molar-refractivity contribution in [3.05, 3.63) is 48.5 Å². The lowest BCUT2D eigenvalue weighted by molar-refractivity contribution is 0.518. The van der Waals surface area contributed by atoms with Crippen molar-refractivity contribution in [1.82, 2.24) is 5.32 Å². The summed E-state index contributed by atoms with van der Waals surface area (Å²) in [5.41, 5.74) is 0. The minimum atomic E-state index is 0.625. The summed E-state index contributed by atoms with van der Waals surface area (Å²) >= 11 is 0. The first-order chi connectivity index (χ1) is 8.09. The molecular formula is C16H23N. The third kappa shape index (κ3) is 5.50. The highest BCUT2D eigenvalue weighted by Gasteiger charge is 1.92. The van der Waals surface area contributed by atoms with Crippen LogP contribution >= 0.6 is 0 Å². The Balaban J connectivity index is 0.000000185. The van der Waals surface area contributed by atoms with E-state index in [0.717, 1.165) is 0 Å². The fraction of sp³-hybridized carbons (Fsp3) is 0.375. The summed E-state index contributed by atoms with van der Waals surface area (Å²) < 4.78 is 0. The average Bonchev–Trinajstić information content (AvgIpc) is 2.28. The molecule has 1 nitrogen and oxygen atoms in total. The fourth-order valence-corrected chi connectivity index (χ4v) is 1.80. The zero-order valence-corrected chi connectivity index (χ0v) is 11.3. The number of rotatable bonds is 2. The Kier molecular flexibility index (Phi) is 5.71. The Morgan fingerprint density at radius 1 is 0.647 bits per heavy atom. The number of benzene rings is 2. The third-order valence-electron chi connectivity index (χ3n) is 2.33. The second-order valence-electron chi connectivity index (χ2n) is 4.82. The van der Waals surface area contributed by atoms with Crippen molar-refractivity contribution >= 4 is 10.8 Å². The highest BCUT2D eigenvalue weighted by Crippen LogP contribution is 2.11. The Hall–Kier alpha value is -1.34. The summed E-state index contributed by atoms with van der Waals surface area (Å²) in [5, 5.41) is 5.93. The summed E-state index contributed by atoms with van der Waals surface area (Å²) in [6, 6.07) is 18.0. The molecule has 0 fully saturated rings. The molecule has 2 aromatic carbocycles. The lowest BCUT2D eigenvalue weighted by atomic mass is 10.1. The van der Waals surface area contributed by atoms with Crippen molar-refractivity contribution in [2.75, 3.05) is 0 Å². The minimum absolute atomic E-state index is 0.625. The van der Waals surface area contributed by atoms with Gasteiger partial charge in [-0.1, -0.05) is 76.2 Å². The third-order valence-corrected chi connectivity index (χ3v) is 2.33. The summed E-state index contributed by atoms with van der Waals surface area (Å²) in [4.78, 5) is 0. The van der Waals surface area contributed by atoms with Gasteiger partial charge >= 0.3 is 0 Å². The number of hydrogen-bond donors (Lipinski definition) is 1. The fourth-order valence-electron chi connectivity index (χ4n) is 1.80. The van der Waals surface area contributed by atoms with E-state index in [4.69, 9.17) is 0 Å². The molecule has 0 amide bonds. The van der Waals surface area contributed by atoms with E-state index < -0.39 is 0 Å². The lowest BCUT2D eigenvalue weighted by Crippen LogP contribution is -2.29. The number of fused-ring (bicyclic) bond motifs is 1.